The van der Waals surface area contributed by atoms with E-state index in [9.17, 15) is 19.2 Å². The summed E-state index contributed by atoms with van der Waals surface area (Å²) < 4.78 is 2.60. The first-order valence-corrected chi connectivity index (χ1v) is 11.7. The molecule has 3 heterocycles. The lowest BCUT2D eigenvalue weighted by atomic mass is 10.1. The van der Waals surface area contributed by atoms with Crippen LogP contribution in [0.3, 0.4) is 0 Å². The van der Waals surface area contributed by atoms with Crippen LogP contribution in [0, 0.1) is 0 Å². The Morgan fingerprint density at radius 1 is 1.00 bits per heavy atom. The van der Waals surface area contributed by atoms with Gasteiger partial charge in [0.1, 0.15) is 17.8 Å². The Labute approximate surface area is 189 Å². The number of amides is 2. The van der Waals surface area contributed by atoms with Crippen molar-refractivity contribution in [3.8, 4) is 0 Å². The molecule has 32 heavy (non-hydrogen) atoms. The Balaban J connectivity index is 1.64. The largest absolute Gasteiger partial charge is 0.341 e. The molecule has 0 unspecified atom stereocenters. The summed E-state index contributed by atoms with van der Waals surface area (Å²) in [5, 5.41) is 4.57. The molecule has 1 fully saturated rings. The summed E-state index contributed by atoms with van der Waals surface area (Å²) in [7, 11) is 0. The van der Waals surface area contributed by atoms with Gasteiger partial charge >= 0.3 is 5.69 Å². The Morgan fingerprint density at radius 2 is 1.75 bits per heavy atom. The molecule has 2 aromatic heterocycles. The number of benzene rings is 1. The third-order valence-electron chi connectivity index (χ3n) is 5.81. The number of carbonyl (C=O) groups excluding carboxylic acids is 2. The number of thiophene rings is 1. The van der Waals surface area contributed by atoms with E-state index in [1.165, 1.54) is 15.9 Å². The molecule has 0 atom stereocenters. The van der Waals surface area contributed by atoms with Gasteiger partial charge in [0.15, 0.2) is 0 Å². The molecule has 8 nitrogen and oxygen atoms in total. The number of hydrogen-bond acceptors (Lipinski definition) is 5. The lowest BCUT2D eigenvalue weighted by molar-refractivity contribution is -0.132. The van der Waals surface area contributed by atoms with E-state index >= 15 is 0 Å². The number of piperidine rings is 1. The van der Waals surface area contributed by atoms with Crippen molar-refractivity contribution in [3.05, 3.63) is 62.1 Å². The van der Waals surface area contributed by atoms with E-state index in [1.807, 2.05) is 31.2 Å². The lowest BCUT2D eigenvalue weighted by Crippen LogP contribution is -2.46. The van der Waals surface area contributed by atoms with Crippen LogP contribution in [0.1, 0.15) is 31.7 Å². The van der Waals surface area contributed by atoms with Gasteiger partial charge in [-0.25, -0.2) is 9.36 Å². The van der Waals surface area contributed by atoms with E-state index in [2.05, 4.69) is 5.32 Å². The van der Waals surface area contributed by atoms with Crippen molar-refractivity contribution in [1.82, 2.24) is 14.0 Å². The predicted octanol–water partition coefficient (Wildman–Crippen LogP) is 2.44. The maximum Gasteiger partial charge on any atom is 0.332 e. The van der Waals surface area contributed by atoms with Crippen molar-refractivity contribution in [1.29, 1.82) is 0 Å². The van der Waals surface area contributed by atoms with Crippen LogP contribution < -0.4 is 16.6 Å². The molecule has 1 saturated heterocycles. The van der Waals surface area contributed by atoms with Gasteiger partial charge in [0.05, 0.1) is 5.52 Å². The fourth-order valence-electron chi connectivity index (χ4n) is 4.09. The van der Waals surface area contributed by atoms with Gasteiger partial charge in [-0.3, -0.25) is 19.0 Å². The number of likely N-dealkylation sites (tertiary alicyclic amines) is 1. The summed E-state index contributed by atoms with van der Waals surface area (Å²) in [5.74, 6) is -0.610. The highest BCUT2D eigenvalue weighted by molar-refractivity contribution is 7.17. The maximum absolute atomic E-state index is 13.2. The first-order valence-electron chi connectivity index (χ1n) is 10.9. The zero-order chi connectivity index (χ0) is 22.7. The second-order valence-electron chi connectivity index (χ2n) is 7.90. The standard InChI is InChI=1S/C23H26N4O4S/c1-2-16-8-4-5-9-17(16)24-19(28)14-26-18-10-13-32-21(18)22(30)27(23(26)31)15-20(29)25-11-6-3-7-12-25/h4-5,8-10,13H,2-3,6-7,11-12,14-15H2,1H3,(H,24,28). The van der Waals surface area contributed by atoms with Crippen molar-refractivity contribution in [2.75, 3.05) is 18.4 Å². The number of aryl methyl sites for hydroxylation is 1. The van der Waals surface area contributed by atoms with Crippen LogP contribution in [-0.4, -0.2) is 38.9 Å². The lowest BCUT2D eigenvalue weighted by Gasteiger charge is -2.26. The SMILES string of the molecule is CCc1ccccc1NC(=O)Cn1c(=O)n(CC(=O)N2CCCCC2)c(=O)c2sccc21. The normalized spacial score (nSPS) is 14.0. The zero-order valence-corrected chi connectivity index (χ0v) is 18.8. The van der Waals surface area contributed by atoms with Crippen LogP contribution in [-0.2, 0) is 29.1 Å². The number of para-hydroxylation sites is 1. The second-order valence-corrected chi connectivity index (χ2v) is 8.81. The molecule has 168 valence electrons. The summed E-state index contributed by atoms with van der Waals surface area (Å²) in [6, 6.07) is 9.16. The van der Waals surface area contributed by atoms with Crippen molar-refractivity contribution in [2.24, 2.45) is 0 Å². The number of nitrogens with zero attached hydrogens (tertiary/aromatic N) is 3. The summed E-state index contributed by atoms with van der Waals surface area (Å²) in [4.78, 5) is 53.4. The molecular weight excluding hydrogens is 428 g/mol. The van der Waals surface area contributed by atoms with E-state index < -0.39 is 11.2 Å². The highest BCUT2D eigenvalue weighted by Gasteiger charge is 2.22. The van der Waals surface area contributed by atoms with Crippen LogP contribution in [0.5, 0.6) is 0 Å². The van der Waals surface area contributed by atoms with Gasteiger partial charge in [0.2, 0.25) is 11.8 Å². The molecule has 1 aromatic carbocycles. The van der Waals surface area contributed by atoms with Crippen LogP contribution >= 0.6 is 11.3 Å². The van der Waals surface area contributed by atoms with Crippen molar-refractivity contribution < 1.29 is 9.59 Å². The Hall–Kier alpha value is -3.20. The summed E-state index contributed by atoms with van der Waals surface area (Å²) >= 11 is 1.20. The van der Waals surface area contributed by atoms with Crippen molar-refractivity contribution >= 4 is 39.1 Å². The highest BCUT2D eigenvalue weighted by atomic mass is 32.1. The predicted molar refractivity (Wildman–Crippen MR) is 125 cm³/mol. The molecule has 2 amide bonds. The van der Waals surface area contributed by atoms with Crippen LogP contribution in [0.4, 0.5) is 5.69 Å². The van der Waals surface area contributed by atoms with Crippen LogP contribution in [0.15, 0.2) is 45.3 Å². The maximum atomic E-state index is 13.2. The Morgan fingerprint density at radius 3 is 2.50 bits per heavy atom. The number of rotatable bonds is 6. The molecule has 4 rings (SSSR count). The smallest absolute Gasteiger partial charge is 0.332 e. The molecule has 1 N–H and O–H groups in total. The van der Waals surface area contributed by atoms with Crippen molar-refractivity contribution in [3.63, 3.8) is 0 Å². The molecule has 0 bridgehead atoms. The summed E-state index contributed by atoms with van der Waals surface area (Å²) in [6.07, 6.45) is 3.69. The Kier molecular flexibility index (Phi) is 6.55. The second kappa shape index (κ2) is 9.52. The third kappa shape index (κ3) is 4.38. The van der Waals surface area contributed by atoms with Gasteiger partial charge < -0.3 is 10.2 Å². The third-order valence-corrected chi connectivity index (χ3v) is 6.70. The molecular formula is C23H26N4O4S. The van der Waals surface area contributed by atoms with Gasteiger partial charge in [-0.15, -0.1) is 11.3 Å². The van der Waals surface area contributed by atoms with Gasteiger partial charge in [-0.1, -0.05) is 25.1 Å². The molecule has 9 heteroatoms. The average Bonchev–Trinajstić information content (AvgIpc) is 3.30. The molecule has 1 aliphatic heterocycles. The fraction of sp³-hybridized carbons (Fsp3) is 0.391. The van der Waals surface area contributed by atoms with E-state index in [1.54, 1.807) is 16.3 Å². The fourth-order valence-corrected chi connectivity index (χ4v) is 4.93. The van der Waals surface area contributed by atoms with Crippen LogP contribution in [0.25, 0.3) is 10.2 Å². The Bertz CT molecular complexity index is 1270. The minimum atomic E-state index is -0.648. The molecule has 0 spiro atoms. The van der Waals surface area contributed by atoms with E-state index in [4.69, 9.17) is 0 Å². The number of nitrogens with one attached hydrogen (secondary N) is 1. The van der Waals surface area contributed by atoms with Gasteiger partial charge in [-0.05, 0) is 48.8 Å². The molecule has 3 aromatic rings. The van der Waals surface area contributed by atoms with E-state index in [0.717, 1.165) is 35.8 Å². The van der Waals surface area contributed by atoms with Crippen molar-refractivity contribution in [2.45, 2.75) is 45.7 Å². The molecule has 0 radical (unpaired) electrons. The zero-order valence-electron chi connectivity index (χ0n) is 18.0. The number of fused-ring (bicyclic) bond motifs is 1. The number of hydrogen-bond donors (Lipinski definition) is 1. The number of aromatic nitrogens is 2. The monoisotopic (exact) mass is 454 g/mol. The van der Waals surface area contributed by atoms with E-state index in [-0.39, 0.29) is 24.9 Å². The summed E-state index contributed by atoms with van der Waals surface area (Å²) in [6.45, 7) is 2.72. The first-order chi connectivity index (χ1) is 15.5. The quantitative estimate of drug-likeness (QED) is 0.619. The number of carbonyl (C=O) groups is 2. The minimum absolute atomic E-state index is 0.243. The van der Waals surface area contributed by atoms with E-state index in [0.29, 0.717) is 29.0 Å². The van der Waals surface area contributed by atoms with Gasteiger partial charge in [0.25, 0.3) is 5.56 Å². The van der Waals surface area contributed by atoms with Gasteiger partial charge in [0, 0.05) is 18.8 Å². The highest BCUT2D eigenvalue weighted by Crippen LogP contribution is 2.18. The van der Waals surface area contributed by atoms with Crippen LogP contribution in [0.2, 0.25) is 0 Å². The van der Waals surface area contributed by atoms with Gasteiger partial charge in [-0.2, -0.15) is 0 Å². The molecule has 0 saturated carbocycles. The first kappa shape index (κ1) is 22.0. The summed E-state index contributed by atoms with van der Waals surface area (Å²) in [5.41, 5.74) is 0.961. The molecule has 0 aliphatic carbocycles. The minimum Gasteiger partial charge on any atom is -0.341 e. The number of anilines is 1. The molecule has 1 aliphatic rings. The average molecular weight is 455 g/mol. The topological polar surface area (TPSA) is 93.4 Å².